The number of rotatable bonds is 3. The van der Waals surface area contributed by atoms with Crippen LogP contribution in [0.5, 0.6) is 5.75 Å². The number of carboxylic acids is 1. The van der Waals surface area contributed by atoms with E-state index in [4.69, 9.17) is 4.74 Å². The average Bonchev–Trinajstić information content (AvgIpc) is 2.76. The Kier molecular flexibility index (Phi) is 2.33. The van der Waals surface area contributed by atoms with Gasteiger partial charge in [-0.15, -0.1) is 0 Å². The van der Waals surface area contributed by atoms with Crippen molar-refractivity contribution in [2.45, 2.75) is 24.7 Å². The van der Waals surface area contributed by atoms with Crippen LogP contribution in [0.25, 0.3) is 10.9 Å². The van der Waals surface area contributed by atoms with Gasteiger partial charge in [0, 0.05) is 11.6 Å². The molecule has 3 rings (SSSR count). The SMILES string of the molecule is COc1ccc(C2(C(=O)O)CCC2)c2cc[nH]c12. The largest absolute Gasteiger partial charge is 0.495 e. The van der Waals surface area contributed by atoms with Crippen molar-refractivity contribution in [2.75, 3.05) is 7.11 Å². The highest BCUT2D eigenvalue weighted by molar-refractivity contribution is 5.95. The molecule has 1 aromatic carbocycles. The Morgan fingerprint density at radius 1 is 1.39 bits per heavy atom. The zero-order chi connectivity index (χ0) is 12.8. The Morgan fingerprint density at radius 3 is 2.72 bits per heavy atom. The topological polar surface area (TPSA) is 62.3 Å². The molecule has 0 bridgehead atoms. The van der Waals surface area contributed by atoms with Gasteiger partial charge in [0.2, 0.25) is 0 Å². The molecule has 4 heteroatoms. The number of ether oxygens (including phenoxy) is 1. The van der Waals surface area contributed by atoms with E-state index in [1.807, 2.05) is 24.4 Å². The normalized spacial score (nSPS) is 17.4. The van der Waals surface area contributed by atoms with Crippen LogP contribution in [-0.2, 0) is 10.2 Å². The fraction of sp³-hybridized carbons (Fsp3) is 0.357. The molecule has 94 valence electrons. The summed E-state index contributed by atoms with van der Waals surface area (Å²) in [6, 6.07) is 5.66. The molecule has 2 N–H and O–H groups in total. The number of nitrogens with one attached hydrogen (secondary N) is 1. The maximum atomic E-state index is 11.6. The first kappa shape index (κ1) is 11.1. The van der Waals surface area contributed by atoms with Crippen LogP contribution in [0.3, 0.4) is 0 Å². The minimum atomic E-state index is -0.721. The van der Waals surface area contributed by atoms with Gasteiger partial charge in [-0.05, 0) is 30.5 Å². The first-order valence-corrected chi connectivity index (χ1v) is 6.07. The molecule has 1 aliphatic carbocycles. The number of methoxy groups -OCH3 is 1. The lowest BCUT2D eigenvalue weighted by Crippen LogP contribution is -2.42. The summed E-state index contributed by atoms with van der Waals surface area (Å²) >= 11 is 0. The maximum absolute atomic E-state index is 11.6. The molecule has 2 aromatic rings. The van der Waals surface area contributed by atoms with Crippen molar-refractivity contribution in [2.24, 2.45) is 0 Å². The Bertz CT molecular complexity index is 611. The van der Waals surface area contributed by atoms with E-state index in [0.29, 0.717) is 0 Å². The minimum Gasteiger partial charge on any atom is -0.495 e. The lowest BCUT2D eigenvalue weighted by Gasteiger charge is -2.38. The number of carbonyl (C=O) groups is 1. The fourth-order valence-electron chi connectivity index (χ4n) is 2.85. The molecule has 1 aliphatic rings. The first-order valence-electron chi connectivity index (χ1n) is 6.07. The Hall–Kier alpha value is -1.97. The molecule has 0 spiro atoms. The zero-order valence-electron chi connectivity index (χ0n) is 10.2. The molecule has 18 heavy (non-hydrogen) atoms. The lowest BCUT2D eigenvalue weighted by atomic mass is 9.64. The standard InChI is InChI=1S/C14H15NO3/c1-18-11-4-3-10(9-5-8-15-12(9)11)14(13(16)17)6-2-7-14/h3-5,8,15H,2,6-7H2,1H3,(H,16,17). The number of hydrogen-bond donors (Lipinski definition) is 2. The van der Waals surface area contributed by atoms with Gasteiger partial charge in [0.15, 0.2) is 0 Å². The number of aliphatic carboxylic acids is 1. The third-order valence-corrected chi connectivity index (χ3v) is 4.04. The molecule has 0 saturated heterocycles. The number of H-pyrrole nitrogens is 1. The number of aromatic nitrogens is 1. The van der Waals surface area contributed by atoms with Crippen molar-refractivity contribution in [3.63, 3.8) is 0 Å². The minimum absolute atomic E-state index is 0.702. The van der Waals surface area contributed by atoms with E-state index >= 15 is 0 Å². The smallest absolute Gasteiger partial charge is 0.314 e. The van der Waals surface area contributed by atoms with Crippen molar-refractivity contribution in [3.8, 4) is 5.75 Å². The molecule has 1 saturated carbocycles. The summed E-state index contributed by atoms with van der Waals surface area (Å²) < 4.78 is 5.29. The van der Waals surface area contributed by atoms with Crippen LogP contribution in [0, 0.1) is 0 Å². The van der Waals surface area contributed by atoms with Crippen LogP contribution >= 0.6 is 0 Å². The molecule has 0 unspecified atom stereocenters. The van der Waals surface area contributed by atoms with Gasteiger partial charge in [-0.3, -0.25) is 4.79 Å². The molecule has 0 radical (unpaired) electrons. The zero-order valence-corrected chi connectivity index (χ0v) is 10.2. The highest BCUT2D eigenvalue weighted by Crippen LogP contribution is 2.47. The summed E-state index contributed by atoms with van der Waals surface area (Å²) in [5, 5.41) is 10.5. The van der Waals surface area contributed by atoms with Gasteiger partial charge < -0.3 is 14.8 Å². The van der Waals surface area contributed by atoms with Gasteiger partial charge in [0.1, 0.15) is 5.75 Å². The van der Waals surface area contributed by atoms with Gasteiger partial charge in [-0.25, -0.2) is 0 Å². The number of hydrogen-bond acceptors (Lipinski definition) is 2. The highest BCUT2D eigenvalue weighted by Gasteiger charge is 2.46. The van der Waals surface area contributed by atoms with Crippen molar-refractivity contribution < 1.29 is 14.6 Å². The molecule has 0 amide bonds. The molecular weight excluding hydrogens is 230 g/mol. The summed E-state index contributed by atoms with van der Waals surface area (Å²) in [5.41, 5.74) is 1.08. The van der Waals surface area contributed by atoms with Gasteiger partial charge in [-0.1, -0.05) is 12.5 Å². The second-order valence-electron chi connectivity index (χ2n) is 4.82. The number of fused-ring (bicyclic) bond motifs is 1. The Morgan fingerprint density at radius 2 is 2.17 bits per heavy atom. The van der Waals surface area contributed by atoms with Crippen molar-refractivity contribution >= 4 is 16.9 Å². The van der Waals surface area contributed by atoms with Crippen LogP contribution in [0.15, 0.2) is 24.4 Å². The molecule has 4 nitrogen and oxygen atoms in total. The molecule has 0 aliphatic heterocycles. The van der Waals surface area contributed by atoms with Crippen LogP contribution in [0.1, 0.15) is 24.8 Å². The van der Waals surface area contributed by atoms with Crippen molar-refractivity contribution in [1.29, 1.82) is 0 Å². The summed E-state index contributed by atoms with van der Waals surface area (Å²) in [7, 11) is 1.62. The fourth-order valence-corrected chi connectivity index (χ4v) is 2.85. The molecule has 1 fully saturated rings. The van der Waals surface area contributed by atoms with E-state index in [1.54, 1.807) is 7.11 Å². The van der Waals surface area contributed by atoms with Crippen LogP contribution in [-0.4, -0.2) is 23.2 Å². The molecule has 0 atom stereocenters. The number of carboxylic acid groups (broad SMARTS) is 1. The van der Waals surface area contributed by atoms with E-state index in [0.717, 1.165) is 41.5 Å². The van der Waals surface area contributed by atoms with Crippen LogP contribution < -0.4 is 4.74 Å². The maximum Gasteiger partial charge on any atom is 0.314 e. The van der Waals surface area contributed by atoms with E-state index in [2.05, 4.69) is 4.98 Å². The summed E-state index contributed by atoms with van der Waals surface area (Å²) in [4.78, 5) is 14.7. The van der Waals surface area contributed by atoms with E-state index < -0.39 is 11.4 Å². The monoisotopic (exact) mass is 245 g/mol. The van der Waals surface area contributed by atoms with Crippen molar-refractivity contribution in [3.05, 3.63) is 30.0 Å². The third-order valence-electron chi connectivity index (χ3n) is 4.04. The molecular formula is C14H15NO3. The summed E-state index contributed by atoms with van der Waals surface area (Å²) in [6.45, 7) is 0. The predicted octanol–water partition coefficient (Wildman–Crippen LogP) is 2.68. The van der Waals surface area contributed by atoms with Gasteiger partial charge >= 0.3 is 5.97 Å². The summed E-state index contributed by atoms with van der Waals surface area (Å²) in [6.07, 6.45) is 4.24. The van der Waals surface area contributed by atoms with E-state index in [1.165, 1.54) is 0 Å². The van der Waals surface area contributed by atoms with Gasteiger partial charge in [0.05, 0.1) is 18.0 Å². The van der Waals surface area contributed by atoms with Gasteiger partial charge in [-0.2, -0.15) is 0 Å². The second-order valence-corrected chi connectivity index (χ2v) is 4.82. The highest BCUT2D eigenvalue weighted by atomic mass is 16.5. The number of benzene rings is 1. The first-order chi connectivity index (χ1) is 8.69. The Labute approximate surface area is 105 Å². The molecule has 1 aromatic heterocycles. The van der Waals surface area contributed by atoms with Crippen LogP contribution in [0.2, 0.25) is 0 Å². The van der Waals surface area contributed by atoms with Gasteiger partial charge in [0.25, 0.3) is 0 Å². The van der Waals surface area contributed by atoms with E-state index in [-0.39, 0.29) is 0 Å². The lowest BCUT2D eigenvalue weighted by molar-refractivity contribution is -0.147. The van der Waals surface area contributed by atoms with Crippen LogP contribution in [0.4, 0.5) is 0 Å². The number of aromatic amines is 1. The van der Waals surface area contributed by atoms with Crippen molar-refractivity contribution in [1.82, 2.24) is 4.98 Å². The second kappa shape index (κ2) is 3.77. The Balaban J connectivity index is 2.24. The quantitative estimate of drug-likeness (QED) is 0.873. The predicted molar refractivity (Wildman–Crippen MR) is 68.0 cm³/mol. The summed E-state index contributed by atoms with van der Waals surface area (Å²) in [5.74, 6) is 0.0278. The van der Waals surface area contributed by atoms with E-state index in [9.17, 15) is 9.90 Å². The average molecular weight is 245 g/mol. The third kappa shape index (κ3) is 1.29. The molecule has 1 heterocycles.